The molecule has 0 bridgehead atoms. The Hall–Kier alpha value is -1.31. The standard InChI is InChI=1S/C15H23NO/c1-4-6-9-13(5-2)15(17)16-14-10-7-8-12(3)11-14/h7-8,10-11,13H,4-6,9H2,1-3H3,(H,16,17)/t13-/m1/s1. The summed E-state index contributed by atoms with van der Waals surface area (Å²) in [6.07, 6.45) is 4.18. The van der Waals surface area contributed by atoms with Gasteiger partial charge in [0.25, 0.3) is 0 Å². The quantitative estimate of drug-likeness (QED) is 0.785. The summed E-state index contributed by atoms with van der Waals surface area (Å²) >= 11 is 0. The van der Waals surface area contributed by atoms with Crippen LogP contribution in [0.3, 0.4) is 0 Å². The van der Waals surface area contributed by atoms with Gasteiger partial charge in [0.15, 0.2) is 0 Å². The molecule has 1 amide bonds. The second-order valence-electron chi connectivity index (χ2n) is 4.61. The Labute approximate surface area is 104 Å². The summed E-state index contributed by atoms with van der Waals surface area (Å²) in [7, 11) is 0. The highest BCUT2D eigenvalue weighted by atomic mass is 16.1. The van der Waals surface area contributed by atoms with Crippen LogP contribution in [0.1, 0.15) is 45.1 Å². The van der Waals surface area contributed by atoms with E-state index in [1.165, 1.54) is 5.56 Å². The largest absolute Gasteiger partial charge is 0.326 e. The minimum atomic E-state index is 0.149. The maximum Gasteiger partial charge on any atom is 0.227 e. The predicted octanol–water partition coefficient (Wildman–Crippen LogP) is 4.15. The van der Waals surface area contributed by atoms with E-state index < -0.39 is 0 Å². The number of rotatable bonds is 6. The fourth-order valence-corrected chi connectivity index (χ4v) is 1.94. The number of carbonyl (C=O) groups is 1. The van der Waals surface area contributed by atoms with Crippen molar-refractivity contribution in [1.29, 1.82) is 0 Å². The van der Waals surface area contributed by atoms with Crippen LogP contribution in [0.2, 0.25) is 0 Å². The molecular weight excluding hydrogens is 210 g/mol. The molecule has 0 heterocycles. The zero-order chi connectivity index (χ0) is 12.7. The molecule has 1 aromatic rings. The van der Waals surface area contributed by atoms with Crippen molar-refractivity contribution < 1.29 is 4.79 Å². The highest BCUT2D eigenvalue weighted by molar-refractivity contribution is 5.92. The number of amides is 1. The zero-order valence-electron chi connectivity index (χ0n) is 11.1. The van der Waals surface area contributed by atoms with Crippen molar-refractivity contribution in [1.82, 2.24) is 0 Å². The van der Waals surface area contributed by atoms with E-state index in [4.69, 9.17) is 0 Å². The molecule has 0 aliphatic carbocycles. The third kappa shape index (κ3) is 4.59. The molecule has 0 fully saturated rings. The fraction of sp³-hybridized carbons (Fsp3) is 0.533. The van der Waals surface area contributed by atoms with Crippen LogP contribution in [-0.2, 0) is 4.79 Å². The molecule has 0 radical (unpaired) electrons. The number of benzene rings is 1. The average molecular weight is 233 g/mol. The molecule has 0 aromatic heterocycles. The smallest absolute Gasteiger partial charge is 0.227 e. The van der Waals surface area contributed by atoms with E-state index in [0.29, 0.717) is 0 Å². The first-order valence-corrected chi connectivity index (χ1v) is 6.54. The number of aryl methyl sites for hydroxylation is 1. The SMILES string of the molecule is CCCC[C@@H](CC)C(=O)Nc1cccc(C)c1. The topological polar surface area (TPSA) is 29.1 Å². The molecule has 0 aliphatic rings. The Morgan fingerprint density at radius 1 is 1.35 bits per heavy atom. The van der Waals surface area contributed by atoms with E-state index >= 15 is 0 Å². The molecule has 0 saturated carbocycles. The van der Waals surface area contributed by atoms with Gasteiger partial charge in [-0.1, -0.05) is 38.8 Å². The normalized spacial score (nSPS) is 12.2. The predicted molar refractivity (Wildman–Crippen MR) is 73.1 cm³/mol. The van der Waals surface area contributed by atoms with Crippen molar-refractivity contribution in [3.63, 3.8) is 0 Å². The summed E-state index contributed by atoms with van der Waals surface area (Å²) in [4.78, 5) is 12.0. The molecule has 1 N–H and O–H groups in total. The van der Waals surface area contributed by atoms with Gasteiger partial charge in [-0.2, -0.15) is 0 Å². The van der Waals surface area contributed by atoms with Gasteiger partial charge in [-0.15, -0.1) is 0 Å². The average Bonchev–Trinajstić information content (AvgIpc) is 2.30. The molecule has 0 spiro atoms. The molecule has 2 nitrogen and oxygen atoms in total. The van der Waals surface area contributed by atoms with Gasteiger partial charge in [-0.25, -0.2) is 0 Å². The second-order valence-corrected chi connectivity index (χ2v) is 4.61. The summed E-state index contributed by atoms with van der Waals surface area (Å²) in [6, 6.07) is 7.95. The van der Waals surface area contributed by atoms with E-state index in [1.807, 2.05) is 31.2 Å². The van der Waals surface area contributed by atoms with E-state index in [0.717, 1.165) is 31.4 Å². The fourth-order valence-electron chi connectivity index (χ4n) is 1.94. The molecular formula is C15H23NO. The summed E-state index contributed by atoms with van der Waals surface area (Å²) < 4.78 is 0. The summed E-state index contributed by atoms with van der Waals surface area (Å²) in [5, 5.41) is 3.00. The van der Waals surface area contributed by atoms with E-state index in [-0.39, 0.29) is 11.8 Å². The number of nitrogens with one attached hydrogen (secondary N) is 1. The van der Waals surface area contributed by atoms with Crippen LogP contribution in [0, 0.1) is 12.8 Å². The lowest BCUT2D eigenvalue weighted by atomic mass is 9.98. The van der Waals surface area contributed by atoms with Crippen LogP contribution in [0.15, 0.2) is 24.3 Å². The number of hydrogen-bond donors (Lipinski definition) is 1. The number of carbonyl (C=O) groups excluding carboxylic acids is 1. The molecule has 94 valence electrons. The van der Waals surface area contributed by atoms with Gasteiger partial charge < -0.3 is 5.32 Å². The number of anilines is 1. The Bertz CT molecular complexity index is 360. The van der Waals surface area contributed by atoms with Crippen LogP contribution in [0.4, 0.5) is 5.69 Å². The van der Waals surface area contributed by atoms with E-state index in [1.54, 1.807) is 0 Å². The molecule has 1 rings (SSSR count). The first kappa shape index (κ1) is 13.8. The molecule has 1 atom stereocenters. The monoisotopic (exact) mass is 233 g/mol. The van der Waals surface area contributed by atoms with Gasteiger partial charge in [0.1, 0.15) is 0 Å². The van der Waals surface area contributed by atoms with Crippen molar-refractivity contribution in [2.45, 2.75) is 46.5 Å². The number of unbranched alkanes of at least 4 members (excludes halogenated alkanes) is 1. The lowest BCUT2D eigenvalue weighted by Crippen LogP contribution is -2.22. The van der Waals surface area contributed by atoms with Crippen LogP contribution in [0.25, 0.3) is 0 Å². The van der Waals surface area contributed by atoms with Crippen molar-refractivity contribution in [2.24, 2.45) is 5.92 Å². The molecule has 0 aliphatic heterocycles. The highest BCUT2D eigenvalue weighted by Gasteiger charge is 2.15. The summed E-state index contributed by atoms with van der Waals surface area (Å²) in [6.45, 7) is 6.27. The third-order valence-electron chi connectivity index (χ3n) is 3.06. The first-order chi connectivity index (χ1) is 8.17. The van der Waals surface area contributed by atoms with Crippen LogP contribution in [0.5, 0.6) is 0 Å². The van der Waals surface area contributed by atoms with Gasteiger partial charge in [-0.05, 0) is 37.5 Å². The van der Waals surface area contributed by atoms with Gasteiger partial charge in [0.05, 0.1) is 0 Å². The zero-order valence-corrected chi connectivity index (χ0v) is 11.1. The Balaban J connectivity index is 2.57. The lowest BCUT2D eigenvalue weighted by molar-refractivity contribution is -0.120. The number of hydrogen-bond acceptors (Lipinski definition) is 1. The minimum Gasteiger partial charge on any atom is -0.326 e. The van der Waals surface area contributed by atoms with E-state index in [2.05, 4.69) is 19.2 Å². The Morgan fingerprint density at radius 3 is 2.71 bits per heavy atom. The van der Waals surface area contributed by atoms with Crippen molar-refractivity contribution in [2.75, 3.05) is 5.32 Å². The molecule has 2 heteroatoms. The molecule has 0 saturated heterocycles. The third-order valence-corrected chi connectivity index (χ3v) is 3.06. The maximum absolute atomic E-state index is 12.0. The summed E-state index contributed by atoms with van der Waals surface area (Å²) in [5.41, 5.74) is 2.08. The minimum absolute atomic E-state index is 0.149. The highest BCUT2D eigenvalue weighted by Crippen LogP contribution is 2.16. The molecule has 17 heavy (non-hydrogen) atoms. The Kier molecular flexibility index (Phi) is 5.75. The van der Waals surface area contributed by atoms with Crippen LogP contribution >= 0.6 is 0 Å². The van der Waals surface area contributed by atoms with Gasteiger partial charge in [0.2, 0.25) is 5.91 Å². The van der Waals surface area contributed by atoms with Gasteiger partial charge in [-0.3, -0.25) is 4.79 Å². The first-order valence-electron chi connectivity index (χ1n) is 6.54. The maximum atomic E-state index is 12.0. The van der Waals surface area contributed by atoms with Gasteiger partial charge >= 0.3 is 0 Å². The van der Waals surface area contributed by atoms with Crippen LogP contribution in [-0.4, -0.2) is 5.91 Å². The lowest BCUT2D eigenvalue weighted by Gasteiger charge is -2.14. The van der Waals surface area contributed by atoms with E-state index in [9.17, 15) is 4.79 Å². The van der Waals surface area contributed by atoms with Crippen molar-refractivity contribution >= 4 is 11.6 Å². The molecule has 1 aromatic carbocycles. The van der Waals surface area contributed by atoms with Crippen molar-refractivity contribution in [3.8, 4) is 0 Å². The molecule has 0 unspecified atom stereocenters. The van der Waals surface area contributed by atoms with Crippen molar-refractivity contribution in [3.05, 3.63) is 29.8 Å². The summed E-state index contributed by atoms with van der Waals surface area (Å²) in [5.74, 6) is 0.307. The van der Waals surface area contributed by atoms with Crippen LogP contribution < -0.4 is 5.32 Å². The van der Waals surface area contributed by atoms with Gasteiger partial charge in [0, 0.05) is 11.6 Å². The Morgan fingerprint density at radius 2 is 2.12 bits per heavy atom. The second kappa shape index (κ2) is 7.10.